The second kappa shape index (κ2) is 5.19. The number of carboxylic acids is 1. The molecule has 2 aliphatic rings. The quantitative estimate of drug-likeness (QED) is 0.799. The molecule has 2 amide bonds. The molecule has 0 aromatic heterocycles. The van der Waals surface area contributed by atoms with Gasteiger partial charge >= 0.3 is 5.97 Å². The van der Waals surface area contributed by atoms with Crippen molar-refractivity contribution < 1.29 is 19.5 Å². The molecule has 1 aliphatic heterocycles. The highest BCUT2D eigenvalue weighted by Crippen LogP contribution is 2.40. The predicted octanol–water partition coefficient (Wildman–Crippen LogP) is 1.91. The fourth-order valence-electron chi connectivity index (χ4n) is 3.43. The summed E-state index contributed by atoms with van der Waals surface area (Å²) in [4.78, 5) is 37.0. The standard InChI is InChI=1S/C15H23NO4/c1-15(2,3)7-9(14(19)20)8-16-12(17)10-5-4-6-11(10)13(16)18/h9-11H,4-8H2,1-3H3,(H,19,20). The van der Waals surface area contributed by atoms with Crippen LogP contribution in [-0.4, -0.2) is 34.3 Å². The maximum absolute atomic E-state index is 12.2. The Bertz CT molecular complexity index is 416. The molecule has 20 heavy (non-hydrogen) atoms. The molecule has 5 nitrogen and oxygen atoms in total. The molecule has 5 heteroatoms. The van der Waals surface area contributed by atoms with Crippen LogP contribution < -0.4 is 0 Å². The smallest absolute Gasteiger partial charge is 0.308 e. The van der Waals surface area contributed by atoms with Crippen molar-refractivity contribution >= 4 is 17.8 Å². The molecule has 1 aliphatic carbocycles. The van der Waals surface area contributed by atoms with Crippen molar-refractivity contribution in [2.75, 3.05) is 6.54 Å². The Labute approximate surface area is 119 Å². The van der Waals surface area contributed by atoms with E-state index < -0.39 is 11.9 Å². The van der Waals surface area contributed by atoms with E-state index in [-0.39, 0.29) is 35.6 Å². The molecular weight excluding hydrogens is 258 g/mol. The van der Waals surface area contributed by atoms with Gasteiger partial charge in [-0.1, -0.05) is 27.2 Å². The lowest BCUT2D eigenvalue weighted by Crippen LogP contribution is -2.39. The van der Waals surface area contributed by atoms with E-state index in [1.54, 1.807) is 0 Å². The van der Waals surface area contributed by atoms with Crippen LogP contribution in [0, 0.1) is 23.2 Å². The topological polar surface area (TPSA) is 74.7 Å². The molecule has 0 aromatic rings. The number of carbonyl (C=O) groups excluding carboxylic acids is 2. The molecule has 3 unspecified atom stereocenters. The number of carboxylic acid groups (broad SMARTS) is 1. The van der Waals surface area contributed by atoms with Crippen LogP contribution in [0.4, 0.5) is 0 Å². The summed E-state index contributed by atoms with van der Waals surface area (Å²) in [6.45, 7) is 5.92. The van der Waals surface area contributed by atoms with E-state index in [2.05, 4.69) is 0 Å². The maximum Gasteiger partial charge on any atom is 0.308 e. The van der Waals surface area contributed by atoms with Gasteiger partial charge < -0.3 is 5.11 Å². The summed E-state index contributed by atoms with van der Waals surface area (Å²) in [6.07, 6.45) is 2.91. The molecule has 1 saturated heterocycles. The number of rotatable bonds is 4. The van der Waals surface area contributed by atoms with E-state index >= 15 is 0 Å². The summed E-state index contributed by atoms with van der Waals surface area (Å²) in [5.41, 5.74) is -0.148. The summed E-state index contributed by atoms with van der Waals surface area (Å²) in [5, 5.41) is 9.32. The van der Waals surface area contributed by atoms with Gasteiger partial charge in [-0.2, -0.15) is 0 Å². The highest BCUT2D eigenvalue weighted by atomic mass is 16.4. The Kier molecular flexibility index (Phi) is 3.89. The Balaban J connectivity index is 2.09. The predicted molar refractivity (Wildman–Crippen MR) is 72.7 cm³/mol. The first-order chi connectivity index (χ1) is 9.20. The minimum Gasteiger partial charge on any atom is -0.481 e. The van der Waals surface area contributed by atoms with Gasteiger partial charge in [0.25, 0.3) is 0 Å². The van der Waals surface area contributed by atoms with Crippen LogP contribution in [0.25, 0.3) is 0 Å². The number of hydrogen-bond acceptors (Lipinski definition) is 3. The monoisotopic (exact) mass is 281 g/mol. The number of hydrogen-bond donors (Lipinski definition) is 1. The Morgan fingerprint density at radius 3 is 2.15 bits per heavy atom. The van der Waals surface area contributed by atoms with Crippen LogP contribution in [0.1, 0.15) is 46.5 Å². The summed E-state index contributed by atoms with van der Waals surface area (Å²) < 4.78 is 0. The average molecular weight is 281 g/mol. The Morgan fingerprint density at radius 1 is 1.25 bits per heavy atom. The molecule has 1 saturated carbocycles. The molecule has 3 atom stereocenters. The first-order valence-corrected chi connectivity index (χ1v) is 7.29. The number of fused-ring (bicyclic) bond motifs is 1. The number of imide groups is 1. The van der Waals surface area contributed by atoms with Crippen LogP contribution >= 0.6 is 0 Å². The first kappa shape index (κ1) is 15.0. The molecule has 112 valence electrons. The van der Waals surface area contributed by atoms with Crippen molar-refractivity contribution in [2.24, 2.45) is 23.2 Å². The van der Waals surface area contributed by atoms with E-state index in [1.807, 2.05) is 20.8 Å². The van der Waals surface area contributed by atoms with Gasteiger partial charge in [-0.3, -0.25) is 19.3 Å². The zero-order chi connectivity index (χ0) is 15.1. The van der Waals surface area contributed by atoms with Crippen molar-refractivity contribution in [3.8, 4) is 0 Å². The van der Waals surface area contributed by atoms with Gasteiger partial charge in [0.2, 0.25) is 11.8 Å². The SMILES string of the molecule is CC(C)(C)CC(CN1C(=O)C2CCCC2C1=O)C(=O)O. The van der Waals surface area contributed by atoms with Crippen LogP contribution in [0.2, 0.25) is 0 Å². The van der Waals surface area contributed by atoms with E-state index in [9.17, 15) is 19.5 Å². The largest absolute Gasteiger partial charge is 0.481 e. The van der Waals surface area contributed by atoms with Gasteiger partial charge in [-0.15, -0.1) is 0 Å². The van der Waals surface area contributed by atoms with Crippen LogP contribution in [-0.2, 0) is 14.4 Å². The third kappa shape index (κ3) is 2.86. The molecule has 1 N–H and O–H groups in total. The molecule has 0 bridgehead atoms. The summed E-state index contributed by atoms with van der Waals surface area (Å²) >= 11 is 0. The Hall–Kier alpha value is -1.39. The zero-order valence-corrected chi connectivity index (χ0v) is 12.4. The van der Waals surface area contributed by atoms with Gasteiger partial charge in [0.05, 0.1) is 17.8 Å². The zero-order valence-electron chi connectivity index (χ0n) is 12.4. The molecular formula is C15H23NO4. The molecule has 0 aromatic carbocycles. The van der Waals surface area contributed by atoms with Crippen molar-refractivity contribution in [2.45, 2.75) is 46.5 Å². The normalized spacial score (nSPS) is 27.9. The third-order valence-electron chi connectivity index (χ3n) is 4.29. The minimum atomic E-state index is -0.933. The molecule has 2 fully saturated rings. The van der Waals surface area contributed by atoms with Crippen molar-refractivity contribution in [3.63, 3.8) is 0 Å². The minimum absolute atomic E-state index is 0.0251. The van der Waals surface area contributed by atoms with E-state index in [4.69, 9.17) is 0 Å². The van der Waals surface area contributed by atoms with Crippen molar-refractivity contribution in [1.82, 2.24) is 4.90 Å². The lowest BCUT2D eigenvalue weighted by Gasteiger charge is -2.26. The van der Waals surface area contributed by atoms with Crippen LogP contribution in [0.5, 0.6) is 0 Å². The number of carbonyl (C=O) groups is 3. The van der Waals surface area contributed by atoms with Crippen molar-refractivity contribution in [3.05, 3.63) is 0 Å². The third-order valence-corrected chi connectivity index (χ3v) is 4.29. The molecule has 0 spiro atoms. The number of likely N-dealkylation sites (tertiary alicyclic amines) is 1. The van der Waals surface area contributed by atoms with Gasteiger partial charge in [-0.25, -0.2) is 0 Å². The number of amides is 2. The summed E-state index contributed by atoms with van der Waals surface area (Å²) in [7, 11) is 0. The summed E-state index contributed by atoms with van der Waals surface area (Å²) in [5.74, 6) is -2.30. The van der Waals surface area contributed by atoms with Crippen molar-refractivity contribution in [1.29, 1.82) is 0 Å². The lowest BCUT2D eigenvalue weighted by atomic mass is 9.84. The second-order valence-electron chi connectivity index (χ2n) is 7.23. The van der Waals surface area contributed by atoms with Gasteiger partial charge in [-0.05, 0) is 24.7 Å². The Morgan fingerprint density at radius 2 is 1.75 bits per heavy atom. The molecule has 0 radical (unpaired) electrons. The van der Waals surface area contributed by atoms with Gasteiger partial charge in [0.15, 0.2) is 0 Å². The number of nitrogens with zero attached hydrogens (tertiary/aromatic N) is 1. The highest BCUT2D eigenvalue weighted by Gasteiger charge is 2.50. The first-order valence-electron chi connectivity index (χ1n) is 7.29. The van der Waals surface area contributed by atoms with E-state index in [1.165, 1.54) is 4.90 Å². The molecule has 1 heterocycles. The van der Waals surface area contributed by atoms with E-state index in [0.29, 0.717) is 6.42 Å². The number of aliphatic carboxylic acids is 1. The van der Waals surface area contributed by atoms with E-state index in [0.717, 1.165) is 19.3 Å². The lowest BCUT2D eigenvalue weighted by molar-refractivity contribution is -0.147. The van der Waals surface area contributed by atoms with Gasteiger partial charge in [0, 0.05) is 6.54 Å². The fraction of sp³-hybridized carbons (Fsp3) is 0.800. The fourth-order valence-corrected chi connectivity index (χ4v) is 3.43. The van der Waals surface area contributed by atoms with Gasteiger partial charge in [0.1, 0.15) is 0 Å². The highest BCUT2D eigenvalue weighted by molar-refractivity contribution is 6.05. The maximum atomic E-state index is 12.2. The summed E-state index contributed by atoms with van der Waals surface area (Å²) in [6, 6.07) is 0. The van der Waals surface area contributed by atoms with Crippen LogP contribution in [0.15, 0.2) is 0 Å². The molecule has 2 rings (SSSR count). The van der Waals surface area contributed by atoms with Crippen LogP contribution in [0.3, 0.4) is 0 Å². The second-order valence-corrected chi connectivity index (χ2v) is 7.23. The average Bonchev–Trinajstić information content (AvgIpc) is 2.86.